The summed E-state index contributed by atoms with van der Waals surface area (Å²) in [5.74, 6) is 0. The van der Waals surface area contributed by atoms with Gasteiger partial charge in [-0.25, -0.2) is 4.98 Å². The van der Waals surface area contributed by atoms with E-state index in [1.807, 2.05) is 5.51 Å². The molecule has 0 saturated carbocycles. The minimum Gasteiger partial charge on any atom is -0.379 e. The van der Waals surface area contributed by atoms with Crippen LogP contribution in [0.25, 0.3) is 0 Å². The highest BCUT2D eigenvalue weighted by atomic mass is 32.1. The van der Waals surface area contributed by atoms with Crippen LogP contribution in [-0.4, -0.2) is 42.7 Å². The van der Waals surface area contributed by atoms with Crippen molar-refractivity contribution < 1.29 is 4.74 Å². The van der Waals surface area contributed by atoms with Gasteiger partial charge in [-0.15, -0.1) is 11.3 Å². The van der Waals surface area contributed by atoms with Gasteiger partial charge in [0.05, 0.1) is 24.4 Å². The first-order valence-electron chi connectivity index (χ1n) is 5.05. The van der Waals surface area contributed by atoms with Gasteiger partial charge in [0.1, 0.15) is 0 Å². The van der Waals surface area contributed by atoms with E-state index in [1.165, 1.54) is 10.6 Å². The van der Waals surface area contributed by atoms with Gasteiger partial charge in [-0.1, -0.05) is 0 Å². The Kier molecular flexibility index (Phi) is 3.50. The van der Waals surface area contributed by atoms with Crippen LogP contribution in [0.4, 0.5) is 0 Å². The van der Waals surface area contributed by atoms with Crippen LogP contribution in [0.15, 0.2) is 5.51 Å². The predicted molar refractivity (Wildman–Crippen MR) is 57.8 cm³/mol. The summed E-state index contributed by atoms with van der Waals surface area (Å²) in [4.78, 5) is 8.14. The van der Waals surface area contributed by atoms with Crippen LogP contribution in [0.1, 0.15) is 10.6 Å². The molecule has 3 nitrogen and oxygen atoms in total. The highest BCUT2D eigenvalue weighted by Crippen LogP contribution is 2.13. The SMILES string of the molecule is Cc1ncsc1CCN1CCOCC1. The Morgan fingerprint density at radius 2 is 2.29 bits per heavy atom. The average molecular weight is 212 g/mol. The molecule has 0 aromatic carbocycles. The number of ether oxygens (including phenoxy) is 1. The Morgan fingerprint density at radius 3 is 2.93 bits per heavy atom. The Balaban J connectivity index is 1.79. The van der Waals surface area contributed by atoms with Crippen molar-refractivity contribution in [3.8, 4) is 0 Å². The quantitative estimate of drug-likeness (QED) is 0.755. The van der Waals surface area contributed by atoms with Crippen LogP contribution in [0.3, 0.4) is 0 Å². The second-order valence-electron chi connectivity index (χ2n) is 3.56. The molecule has 0 spiro atoms. The number of thiazole rings is 1. The van der Waals surface area contributed by atoms with Crippen molar-refractivity contribution in [2.45, 2.75) is 13.3 Å². The lowest BCUT2D eigenvalue weighted by atomic mass is 10.3. The van der Waals surface area contributed by atoms with Crippen LogP contribution in [-0.2, 0) is 11.2 Å². The monoisotopic (exact) mass is 212 g/mol. The van der Waals surface area contributed by atoms with Gasteiger partial charge in [-0.05, 0) is 13.3 Å². The van der Waals surface area contributed by atoms with Crippen molar-refractivity contribution in [2.75, 3.05) is 32.8 Å². The summed E-state index contributed by atoms with van der Waals surface area (Å²) >= 11 is 1.77. The summed E-state index contributed by atoms with van der Waals surface area (Å²) in [6, 6.07) is 0. The fourth-order valence-corrected chi connectivity index (χ4v) is 2.42. The van der Waals surface area contributed by atoms with E-state index in [9.17, 15) is 0 Å². The second kappa shape index (κ2) is 4.87. The Morgan fingerprint density at radius 1 is 1.50 bits per heavy atom. The van der Waals surface area contributed by atoms with E-state index in [0.717, 1.165) is 39.3 Å². The summed E-state index contributed by atoms with van der Waals surface area (Å²) in [7, 11) is 0. The number of rotatable bonds is 3. The van der Waals surface area contributed by atoms with E-state index in [0.29, 0.717) is 0 Å². The van der Waals surface area contributed by atoms with Crippen LogP contribution >= 0.6 is 11.3 Å². The lowest BCUT2D eigenvalue weighted by Gasteiger charge is -2.26. The molecule has 0 amide bonds. The third-order valence-corrected chi connectivity index (χ3v) is 3.60. The molecule has 1 saturated heterocycles. The lowest BCUT2D eigenvalue weighted by molar-refractivity contribution is 0.0385. The fraction of sp³-hybridized carbons (Fsp3) is 0.700. The van der Waals surface area contributed by atoms with Crippen molar-refractivity contribution in [3.63, 3.8) is 0 Å². The first-order chi connectivity index (χ1) is 6.86. The zero-order valence-corrected chi connectivity index (χ0v) is 9.35. The van der Waals surface area contributed by atoms with Crippen molar-refractivity contribution in [1.29, 1.82) is 0 Å². The third kappa shape index (κ3) is 2.53. The smallest absolute Gasteiger partial charge is 0.0797 e. The standard InChI is InChI=1S/C10H16N2OS/c1-9-10(14-8-11-9)2-3-12-4-6-13-7-5-12/h8H,2-7H2,1H3. The van der Waals surface area contributed by atoms with Gasteiger partial charge in [0, 0.05) is 24.5 Å². The van der Waals surface area contributed by atoms with Crippen LogP contribution in [0, 0.1) is 6.92 Å². The summed E-state index contributed by atoms with van der Waals surface area (Å²) in [5, 5.41) is 0. The number of aromatic nitrogens is 1. The number of hydrogen-bond donors (Lipinski definition) is 0. The molecule has 4 heteroatoms. The summed E-state index contributed by atoms with van der Waals surface area (Å²) in [5.41, 5.74) is 3.13. The number of nitrogens with zero attached hydrogens (tertiary/aromatic N) is 2. The number of aryl methyl sites for hydroxylation is 1. The minimum atomic E-state index is 0.891. The van der Waals surface area contributed by atoms with E-state index in [-0.39, 0.29) is 0 Å². The molecule has 0 N–H and O–H groups in total. The van der Waals surface area contributed by atoms with Gasteiger partial charge in [0.25, 0.3) is 0 Å². The largest absolute Gasteiger partial charge is 0.379 e. The zero-order chi connectivity index (χ0) is 9.80. The predicted octanol–water partition coefficient (Wildman–Crippen LogP) is 1.33. The average Bonchev–Trinajstić information content (AvgIpc) is 2.63. The van der Waals surface area contributed by atoms with E-state index in [4.69, 9.17) is 4.74 Å². The fourth-order valence-electron chi connectivity index (χ4n) is 1.65. The van der Waals surface area contributed by atoms with Gasteiger partial charge in [0.2, 0.25) is 0 Å². The molecule has 78 valence electrons. The Bertz CT molecular complexity index is 281. The lowest BCUT2D eigenvalue weighted by Crippen LogP contribution is -2.37. The molecule has 1 aliphatic heterocycles. The van der Waals surface area contributed by atoms with E-state index in [1.54, 1.807) is 11.3 Å². The molecular formula is C10H16N2OS. The van der Waals surface area contributed by atoms with Crippen molar-refractivity contribution in [3.05, 3.63) is 16.1 Å². The molecule has 1 aromatic heterocycles. The molecule has 2 heterocycles. The molecule has 14 heavy (non-hydrogen) atoms. The van der Waals surface area contributed by atoms with E-state index >= 15 is 0 Å². The van der Waals surface area contributed by atoms with E-state index < -0.39 is 0 Å². The first-order valence-corrected chi connectivity index (χ1v) is 5.93. The maximum Gasteiger partial charge on any atom is 0.0797 e. The molecule has 0 radical (unpaired) electrons. The zero-order valence-electron chi connectivity index (χ0n) is 8.53. The first kappa shape index (κ1) is 10.1. The molecule has 1 fully saturated rings. The maximum atomic E-state index is 5.31. The maximum absolute atomic E-state index is 5.31. The van der Waals surface area contributed by atoms with Crippen molar-refractivity contribution >= 4 is 11.3 Å². The van der Waals surface area contributed by atoms with Gasteiger partial charge in [-0.3, -0.25) is 4.90 Å². The topological polar surface area (TPSA) is 25.4 Å². The highest BCUT2D eigenvalue weighted by molar-refractivity contribution is 7.09. The molecule has 0 atom stereocenters. The summed E-state index contributed by atoms with van der Waals surface area (Å²) in [6.45, 7) is 7.18. The molecule has 1 aliphatic rings. The normalized spacial score (nSPS) is 18.6. The minimum absolute atomic E-state index is 0.891. The van der Waals surface area contributed by atoms with Gasteiger partial charge in [-0.2, -0.15) is 0 Å². The number of morpholine rings is 1. The van der Waals surface area contributed by atoms with E-state index in [2.05, 4.69) is 16.8 Å². The number of hydrogen-bond acceptors (Lipinski definition) is 4. The Labute approximate surface area is 88.7 Å². The Hall–Kier alpha value is -0.450. The van der Waals surface area contributed by atoms with Gasteiger partial charge in [0.15, 0.2) is 0 Å². The van der Waals surface area contributed by atoms with Gasteiger partial charge >= 0.3 is 0 Å². The molecule has 0 aliphatic carbocycles. The molecule has 1 aromatic rings. The molecule has 0 unspecified atom stereocenters. The highest BCUT2D eigenvalue weighted by Gasteiger charge is 2.10. The molecule has 0 bridgehead atoms. The van der Waals surface area contributed by atoms with Gasteiger partial charge < -0.3 is 4.74 Å². The second-order valence-corrected chi connectivity index (χ2v) is 4.50. The molecular weight excluding hydrogens is 196 g/mol. The van der Waals surface area contributed by atoms with Crippen molar-refractivity contribution in [2.24, 2.45) is 0 Å². The molecule has 2 rings (SSSR count). The van der Waals surface area contributed by atoms with Crippen molar-refractivity contribution in [1.82, 2.24) is 9.88 Å². The summed E-state index contributed by atoms with van der Waals surface area (Å²) in [6.07, 6.45) is 1.14. The van der Waals surface area contributed by atoms with Crippen LogP contribution in [0.2, 0.25) is 0 Å². The van der Waals surface area contributed by atoms with Crippen LogP contribution < -0.4 is 0 Å². The van der Waals surface area contributed by atoms with Crippen LogP contribution in [0.5, 0.6) is 0 Å². The summed E-state index contributed by atoms with van der Waals surface area (Å²) < 4.78 is 5.31. The third-order valence-electron chi connectivity index (χ3n) is 2.60.